The summed E-state index contributed by atoms with van der Waals surface area (Å²) in [7, 11) is 0. The summed E-state index contributed by atoms with van der Waals surface area (Å²) in [6.45, 7) is 6.56. The van der Waals surface area contributed by atoms with Crippen LogP contribution >= 0.6 is 0 Å². The summed E-state index contributed by atoms with van der Waals surface area (Å²) in [5.74, 6) is 0.842. The van der Waals surface area contributed by atoms with Crippen LogP contribution in [0.15, 0.2) is 21.9 Å². The highest BCUT2D eigenvalue weighted by Crippen LogP contribution is 2.18. The van der Waals surface area contributed by atoms with Gasteiger partial charge in [0.25, 0.3) is 5.56 Å². The molecule has 0 saturated heterocycles. The smallest absolute Gasteiger partial charge is 0.325 e. The maximum atomic E-state index is 11.7. The predicted octanol–water partition coefficient (Wildman–Crippen LogP) is 0.940. The zero-order chi connectivity index (χ0) is 17.3. The second kappa shape index (κ2) is 6.31. The maximum Gasteiger partial charge on any atom is 0.325 e. The van der Waals surface area contributed by atoms with Gasteiger partial charge < -0.3 is 10.3 Å². The monoisotopic (exact) mass is 328 g/mol. The molecule has 0 saturated carbocycles. The zero-order valence-corrected chi connectivity index (χ0v) is 13.9. The molecule has 3 aromatic heterocycles. The predicted molar refractivity (Wildman–Crippen MR) is 91.7 cm³/mol. The summed E-state index contributed by atoms with van der Waals surface area (Å²) < 4.78 is 1.79. The molecule has 0 radical (unpaired) electrons. The topological polar surface area (TPSA) is 108 Å². The Morgan fingerprint density at radius 1 is 1.29 bits per heavy atom. The second-order valence-electron chi connectivity index (χ2n) is 5.71. The number of nitrogens with zero attached hydrogens (tertiary/aromatic N) is 3. The van der Waals surface area contributed by atoms with Crippen molar-refractivity contribution in [3.05, 3.63) is 55.6 Å². The molecule has 0 aliphatic rings. The van der Waals surface area contributed by atoms with Crippen molar-refractivity contribution < 1.29 is 0 Å². The van der Waals surface area contributed by atoms with Crippen LogP contribution < -0.4 is 16.6 Å². The minimum Gasteiger partial charge on any atom is -0.370 e. The molecule has 0 aromatic carbocycles. The fraction of sp³-hybridized carbons (Fsp3) is 0.375. The fourth-order valence-corrected chi connectivity index (χ4v) is 2.54. The van der Waals surface area contributed by atoms with Crippen molar-refractivity contribution in [1.29, 1.82) is 0 Å². The Bertz CT molecular complexity index is 998. The number of hydrogen-bond donors (Lipinski definition) is 3. The molecule has 0 spiro atoms. The van der Waals surface area contributed by atoms with Gasteiger partial charge in [-0.05, 0) is 26.7 Å². The third-order valence-corrected chi connectivity index (χ3v) is 4.07. The van der Waals surface area contributed by atoms with E-state index in [0.29, 0.717) is 18.5 Å². The fourth-order valence-electron chi connectivity index (χ4n) is 2.54. The van der Waals surface area contributed by atoms with Crippen molar-refractivity contribution in [1.82, 2.24) is 24.6 Å². The number of hydrogen-bond acceptors (Lipinski definition) is 5. The van der Waals surface area contributed by atoms with Crippen molar-refractivity contribution in [2.45, 2.75) is 33.6 Å². The molecule has 0 unspecified atom stereocenters. The van der Waals surface area contributed by atoms with E-state index in [9.17, 15) is 9.59 Å². The highest BCUT2D eigenvalue weighted by atomic mass is 16.2. The minimum absolute atomic E-state index is 0.361. The van der Waals surface area contributed by atoms with Gasteiger partial charge in [0.2, 0.25) is 0 Å². The Morgan fingerprint density at radius 3 is 2.79 bits per heavy atom. The van der Waals surface area contributed by atoms with Crippen LogP contribution in [0.5, 0.6) is 0 Å². The van der Waals surface area contributed by atoms with E-state index < -0.39 is 5.69 Å². The lowest BCUT2D eigenvalue weighted by atomic mass is 10.2. The number of aromatic nitrogens is 5. The summed E-state index contributed by atoms with van der Waals surface area (Å²) in [4.78, 5) is 32.1. The third-order valence-electron chi connectivity index (χ3n) is 4.07. The van der Waals surface area contributed by atoms with Gasteiger partial charge in [-0.25, -0.2) is 9.78 Å². The Labute approximate surface area is 138 Å². The minimum atomic E-state index is -0.498. The van der Waals surface area contributed by atoms with E-state index >= 15 is 0 Å². The van der Waals surface area contributed by atoms with Crippen LogP contribution in [-0.4, -0.2) is 31.1 Å². The normalized spacial score (nSPS) is 11.1. The number of anilines is 1. The SMILES string of the molecule is CCc1cc(NCCc2c[nH]c(=O)[nH]c2=O)n2nc(C)c(C)c2n1. The molecule has 0 bridgehead atoms. The van der Waals surface area contributed by atoms with Crippen LogP contribution in [0, 0.1) is 13.8 Å². The highest BCUT2D eigenvalue weighted by molar-refractivity contribution is 5.56. The molecule has 0 amide bonds. The Balaban J connectivity index is 1.85. The molecule has 3 rings (SSSR count). The van der Waals surface area contributed by atoms with E-state index in [1.807, 2.05) is 19.9 Å². The van der Waals surface area contributed by atoms with Crippen molar-refractivity contribution in [2.75, 3.05) is 11.9 Å². The second-order valence-corrected chi connectivity index (χ2v) is 5.71. The first-order valence-corrected chi connectivity index (χ1v) is 7.90. The van der Waals surface area contributed by atoms with Gasteiger partial charge in [0.15, 0.2) is 5.65 Å². The average molecular weight is 328 g/mol. The highest BCUT2D eigenvalue weighted by Gasteiger charge is 2.11. The molecule has 8 heteroatoms. The molecule has 0 atom stereocenters. The molecule has 8 nitrogen and oxygen atoms in total. The van der Waals surface area contributed by atoms with Gasteiger partial charge >= 0.3 is 5.69 Å². The first-order valence-electron chi connectivity index (χ1n) is 7.90. The quantitative estimate of drug-likeness (QED) is 0.646. The summed E-state index contributed by atoms with van der Waals surface area (Å²) in [5, 5.41) is 7.83. The molecule has 0 aliphatic carbocycles. The van der Waals surface area contributed by atoms with Crippen LogP contribution in [0.1, 0.15) is 29.4 Å². The standard InChI is InChI=1S/C16H20N6O2/c1-4-12-7-13(22-14(19-12)9(2)10(3)21-22)17-6-5-11-8-18-16(24)20-15(11)23/h7-8,17H,4-6H2,1-3H3,(H2,18,20,23,24). The van der Waals surface area contributed by atoms with E-state index in [-0.39, 0.29) is 5.56 Å². The van der Waals surface area contributed by atoms with E-state index in [0.717, 1.165) is 34.8 Å². The van der Waals surface area contributed by atoms with Gasteiger partial charge in [-0.1, -0.05) is 6.92 Å². The van der Waals surface area contributed by atoms with Gasteiger partial charge in [0.05, 0.1) is 5.69 Å². The van der Waals surface area contributed by atoms with Gasteiger partial charge in [-0.2, -0.15) is 9.61 Å². The van der Waals surface area contributed by atoms with Crippen molar-refractivity contribution >= 4 is 11.5 Å². The van der Waals surface area contributed by atoms with E-state index in [1.165, 1.54) is 6.20 Å². The van der Waals surface area contributed by atoms with Crippen molar-refractivity contribution in [3.63, 3.8) is 0 Å². The number of rotatable bonds is 5. The number of fused-ring (bicyclic) bond motifs is 1. The van der Waals surface area contributed by atoms with Crippen LogP contribution in [-0.2, 0) is 12.8 Å². The molecular formula is C16H20N6O2. The van der Waals surface area contributed by atoms with Crippen LogP contribution in [0.2, 0.25) is 0 Å². The first kappa shape index (κ1) is 16.0. The van der Waals surface area contributed by atoms with Crippen LogP contribution in [0.4, 0.5) is 5.82 Å². The largest absolute Gasteiger partial charge is 0.370 e. The molecule has 0 aliphatic heterocycles. The zero-order valence-electron chi connectivity index (χ0n) is 13.9. The van der Waals surface area contributed by atoms with E-state index in [1.54, 1.807) is 4.52 Å². The van der Waals surface area contributed by atoms with Crippen molar-refractivity contribution in [3.8, 4) is 0 Å². The lowest BCUT2D eigenvalue weighted by Gasteiger charge is -2.10. The molecule has 3 heterocycles. The average Bonchev–Trinajstić information content (AvgIpc) is 2.84. The number of nitrogens with one attached hydrogen (secondary N) is 3. The Morgan fingerprint density at radius 2 is 2.08 bits per heavy atom. The molecule has 3 aromatic rings. The molecule has 24 heavy (non-hydrogen) atoms. The summed E-state index contributed by atoms with van der Waals surface area (Å²) in [6.07, 6.45) is 2.76. The molecule has 126 valence electrons. The molecule has 3 N–H and O–H groups in total. The molecule has 0 fully saturated rings. The van der Waals surface area contributed by atoms with Gasteiger partial charge in [0, 0.05) is 35.6 Å². The summed E-state index contributed by atoms with van der Waals surface area (Å²) in [5.41, 5.74) is 3.49. The lowest BCUT2D eigenvalue weighted by Crippen LogP contribution is -2.25. The van der Waals surface area contributed by atoms with Crippen LogP contribution in [0.25, 0.3) is 5.65 Å². The molecular weight excluding hydrogens is 308 g/mol. The van der Waals surface area contributed by atoms with E-state index in [4.69, 9.17) is 0 Å². The number of aryl methyl sites for hydroxylation is 3. The lowest BCUT2D eigenvalue weighted by molar-refractivity contribution is 0.873. The number of H-pyrrole nitrogens is 2. The summed E-state index contributed by atoms with van der Waals surface area (Å²) in [6, 6.07) is 1.97. The Hall–Kier alpha value is -2.90. The van der Waals surface area contributed by atoms with Crippen molar-refractivity contribution in [2.24, 2.45) is 0 Å². The maximum absolute atomic E-state index is 11.7. The first-order chi connectivity index (χ1) is 11.5. The van der Waals surface area contributed by atoms with E-state index in [2.05, 4.69) is 32.3 Å². The summed E-state index contributed by atoms with van der Waals surface area (Å²) >= 11 is 0. The van der Waals surface area contributed by atoms with Gasteiger partial charge in [-0.3, -0.25) is 9.78 Å². The number of aromatic amines is 2. The van der Waals surface area contributed by atoms with Gasteiger partial charge in [0.1, 0.15) is 5.82 Å². The third kappa shape index (κ3) is 2.94. The Kier molecular flexibility index (Phi) is 4.20. The van der Waals surface area contributed by atoms with Gasteiger partial charge in [-0.15, -0.1) is 0 Å². The van der Waals surface area contributed by atoms with Crippen LogP contribution in [0.3, 0.4) is 0 Å².